The van der Waals surface area contributed by atoms with Crippen molar-refractivity contribution in [3.63, 3.8) is 0 Å². The summed E-state index contributed by atoms with van der Waals surface area (Å²) in [6.07, 6.45) is 1.79. The molecule has 0 aromatic heterocycles. The molecule has 2 aliphatic heterocycles. The van der Waals surface area contributed by atoms with Gasteiger partial charge >= 0.3 is 0 Å². The fourth-order valence-corrected chi connectivity index (χ4v) is 6.38. The molecule has 1 fully saturated rings. The van der Waals surface area contributed by atoms with Gasteiger partial charge < -0.3 is 9.80 Å². The van der Waals surface area contributed by atoms with Crippen molar-refractivity contribution in [1.82, 2.24) is 9.21 Å². The number of halogens is 1. The fraction of sp³-hybridized carbons (Fsp3) is 0.435. The van der Waals surface area contributed by atoms with Crippen LogP contribution in [0, 0.1) is 0 Å². The van der Waals surface area contributed by atoms with Gasteiger partial charge in [-0.25, -0.2) is 8.42 Å². The molecule has 0 radical (unpaired) electrons. The summed E-state index contributed by atoms with van der Waals surface area (Å²) >= 11 is 6.31. The van der Waals surface area contributed by atoms with Gasteiger partial charge in [0.05, 0.1) is 37.7 Å². The first kappa shape index (κ1) is 22.3. The summed E-state index contributed by atoms with van der Waals surface area (Å²) in [4.78, 5) is 16.4. The molecule has 166 valence electrons. The quantitative estimate of drug-likeness (QED) is 0.737. The summed E-state index contributed by atoms with van der Waals surface area (Å²) in [5.41, 5.74) is 2.56. The van der Waals surface area contributed by atoms with Crippen LogP contribution in [0.1, 0.15) is 34.8 Å². The average Bonchev–Trinajstić information content (AvgIpc) is 2.79. The molecule has 1 N–H and O–H groups in total. The van der Waals surface area contributed by atoms with Gasteiger partial charge in [-0.1, -0.05) is 42.8 Å². The second-order valence-corrected chi connectivity index (χ2v) is 10.6. The van der Waals surface area contributed by atoms with Crippen LogP contribution < -0.4 is 4.90 Å². The van der Waals surface area contributed by atoms with Crippen molar-refractivity contribution in [2.24, 2.45) is 0 Å². The van der Waals surface area contributed by atoms with Crippen molar-refractivity contribution in [3.8, 4) is 0 Å². The molecule has 4 rings (SSSR count). The SMILES string of the molecule is CCC[NH+]1CCN(C(=O)c2ccc(Cl)c(S(=O)(=O)N3CCc4ccccc4C3)c2)CC1. The standard InChI is InChI=1S/C23H28ClN3O3S/c1-2-10-25-12-14-26(15-13-25)23(28)19-7-8-21(24)22(16-19)31(29,30)27-11-9-18-5-3-4-6-20(18)17-27/h3-8,16H,2,9-15,17H2,1H3/p+1. The molecule has 0 aliphatic carbocycles. The Labute approximate surface area is 189 Å². The number of hydrogen-bond acceptors (Lipinski definition) is 3. The number of benzene rings is 2. The number of amides is 1. The molecule has 6 nitrogen and oxygen atoms in total. The van der Waals surface area contributed by atoms with Gasteiger partial charge in [-0.3, -0.25) is 4.79 Å². The highest BCUT2D eigenvalue weighted by Gasteiger charge is 2.31. The van der Waals surface area contributed by atoms with E-state index < -0.39 is 10.0 Å². The van der Waals surface area contributed by atoms with Crippen molar-refractivity contribution in [1.29, 1.82) is 0 Å². The highest BCUT2D eigenvalue weighted by Crippen LogP contribution is 2.30. The first-order chi connectivity index (χ1) is 14.9. The topological polar surface area (TPSA) is 62.1 Å². The van der Waals surface area contributed by atoms with E-state index in [1.807, 2.05) is 29.2 Å². The number of nitrogens with one attached hydrogen (secondary N) is 1. The molecule has 0 saturated carbocycles. The zero-order valence-electron chi connectivity index (χ0n) is 17.8. The summed E-state index contributed by atoms with van der Waals surface area (Å²) in [6, 6.07) is 12.5. The third-order valence-corrected chi connectivity index (χ3v) is 8.58. The Balaban J connectivity index is 1.54. The first-order valence-corrected chi connectivity index (χ1v) is 12.7. The Morgan fingerprint density at radius 2 is 1.77 bits per heavy atom. The molecular formula is C23H29ClN3O3S+. The lowest BCUT2D eigenvalue weighted by Gasteiger charge is -2.32. The van der Waals surface area contributed by atoms with Crippen LogP contribution in [0.3, 0.4) is 0 Å². The van der Waals surface area contributed by atoms with Crippen molar-refractivity contribution < 1.29 is 18.1 Å². The van der Waals surface area contributed by atoms with Crippen molar-refractivity contribution >= 4 is 27.5 Å². The van der Waals surface area contributed by atoms with Crippen LogP contribution in [0.25, 0.3) is 0 Å². The predicted molar refractivity (Wildman–Crippen MR) is 121 cm³/mol. The van der Waals surface area contributed by atoms with E-state index in [-0.39, 0.29) is 15.8 Å². The average molecular weight is 463 g/mol. The van der Waals surface area contributed by atoms with Crippen molar-refractivity contribution in [3.05, 3.63) is 64.2 Å². The Morgan fingerprint density at radius 3 is 2.48 bits per heavy atom. The molecule has 2 heterocycles. The first-order valence-electron chi connectivity index (χ1n) is 10.9. The molecule has 2 aliphatic rings. The van der Waals surface area contributed by atoms with E-state index in [1.54, 1.807) is 6.07 Å². The van der Waals surface area contributed by atoms with Crippen LogP contribution in [-0.4, -0.2) is 62.8 Å². The summed E-state index contributed by atoms with van der Waals surface area (Å²) in [5.74, 6) is -0.132. The van der Waals surface area contributed by atoms with Crippen molar-refractivity contribution in [2.75, 3.05) is 39.3 Å². The number of piperazine rings is 1. The minimum atomic E-state index is -3.81. The zero-order valence-corrected chi connectivity index (χ0v) is 19.4. The molecule has 0 spiro atoms. The maximum atomic E-state index is 13.4. The van der Waals surface area contributed by atoms with Gasteiger partial charge in [-0.15, -0.1) is 0 Å². The van der Waals surface area contributed by atoms with Crippen LogP contribution in [0.5, 0.6) is 0 Å². The summed E-state index contributed by atoms with van der Waals surface area (Å²) in [7, 11) is -3.81. The second kappa shape index (κ2) is 9.28. The van der Waals surface area contributed by atoms with E-state index in [1.165, 1.54) is 26.9 Å². The van der Waals surface area contributed by atoms with Gasteiger partial charge in [-0.05, 0) is 42.2 Å². The summed E-state index contributed by atoms with van der Waals surface area (Å²) in [5, 5.41) is 0.146. The second-order valence-electron chi connectivity index (χ2n) is 8.29. The fourth-order valence-electron chi connectivity index (χ4n) is 4.46. The van der Waals surface area contributed by atoms with E-state index >= 15 is 0 Å². The van der Waals surface area contributed by atoms with Crippen molar-refractivity contribution in [2.45, 2.75) is 31.2 Å². The Kier molecular flexibility index (Phi) is 6.67. The number of sulfonamides is 1. The monoisotopic (exact) mass is 462 g/mol. The molecule has 1 amide bonds. The smallest absolute Gasteiger partial charge is 0.254 e. The molecule has 0 unspecified atom stereocenters. The molecule has 31 heavy (non-hydrogen) atoms. The van der Waals surface area contributed by atoms with Gasteiger partial charge in [0.1, 0.15) is 4.90 Å². The zero-order chi connectivity index (χ0) is 22.0. The lowest BCUT2D eigenvalue weighted by atomic mass is 10.0. The largest absolute Gasteiger partial charge is 0.332 e. The van der Waals surface area contributed by atoms with Crippen LogP contribution in [-0.2, 0) is 23.0 Å². The Bertz CT molecular complexity index is 1070. The van der Waals surface area contributed by atoms with E-state index in [0.717, 1.165) is 31.6 Å². The van der Waals surface area contributed by atoms with E-state index in [4.69, 9.17) is 11.6 Å². The van der Waals surface area contributed by atoms with Gasteiger partial charge in [0, 0.05) is 18.7 Å². The lowest BCUT2D eigenvalue weighted by molar-refractivity contribution is -0.904. The number of hydrogen-bond donors (Lipinski definition) is 1. The van der Waals surface area contributed by atoms with Gasteiger partial charge in [0.2, 0.25) is 10.0 Å². The van der Waals surface area contributed by atoms with Gasteiger partial charge in [-0.2, -0.15) is 4.31 Å². The van der Waals surface area contributed by atoms with Crippen LogP contribution in [0.4, 0.5) is 0 Å². The maximum Gasteiger partial charge on any atom is 0.254 e. The number of quaternary nitrogens is 1. The third-order valence-electron chi connectivity index (χ3n) is 6.25. The van der Waals surface area contributed by atoms with Gasteiger partial charge in [0.15, 0.2) is 0 Å². The molecule has 1 saturated heterocycles. The molecule has 2 aromatic rings. The number of nitrogens with zero attached hydrogens (tertiary/aromatic N) is 2. The van der Waals surface area contributed by atoms with E-state index in [2.05, 4.69) is 6.92 Å². The minimum absolute atomic E-state index is 0.00893. The Hall–Kier alpha value is -1.93. The van der Waals surface area contributed by atoms with Crippen LogP contribution in [0.2, 0.25) is 5.02 Å². The highest BCUT2D eigenvalue weighted by atomic mass is 35.5. The summed E-state index contributed by atoms with van der Waals surface area (Å²) < 4.78 is 28.3. The normalized spacial score (nSPS) is 18.1. The molecule has 0 bridgehead atoms. The number of carbonyl (C=O) groups is 1. The lowest BCUT2D eigenvalue weighted by Crippen LogP contribution is -3.14. The predicted octanol–water partition coefficient (Wildman–Crippen LogP) is 1.84. The minimum Gasteiger partial charge on any atom is -0.332 e. The molecule has 8 heteroatoms. The highest BCUT2D eigenvalue weighted by molar-refractivity contribution is 7.89. The molecule has 2 aromatic carbocycles. The van der Waals surface area contributed by atoms with Gasteiger partial charge in [0.25, 0.3) is 5.91 Å². The number of rotatable bonds is 5. The van der Waals surface area contributed by atoms with E-state index in [9.17, 15) is 13.2 Å². The van der Waals surface area contributed by atoms with Crippen LogP contribution in [0.15, 0.2) is 47.4 Å². The molecular weight excluding hydrogens is 434 g/mol. The summed E-state index contributed by atoms with van der Waals surface area (Å²) in [6.45, 7) is 7.21. The van der Waals surface area contributed by atoms with E-state index in [0.29, 0.717) is 38.2 Å². The third kappa shape index (κ3) is 4.65. The number of fused-ring (bicyclic) bond motifs is 1. The maximum absolute atomic E-state index is 13.4. The molecule has 0 atom stereocenters. The Morgan fingerprint density at radius 1 is 1.06 bits per heavy atom. The van der Waals surface area contributed by atoms with Crippen LogP contribution >= 0.6 is 11.6 Å². The number of carbonyl (C=O) groups excluding carboxylic acids is 1.